The topological polar surface area (TPSA) is 48.1 Å². The van der Waals surface area contributed by atoms with Gasteiger partial charge in [-0.15, -0.1) is 0 Å². The van der Waals surface area contributed by atoms with E-state index in [9.17, 15) is 0 Å². The minimum absolute atomic E-state index is 0.761. The van der Waals surface area contributed by atoms with E-state index < -0.39 is 0 Å². The van der Waals surface area contributed by atoms with E-state index in [1.807, 2.05) is 0 Å². The van der Waals surface area contributed by atoms with Gasteiger partial charge in [0.15, 0.2) is 0 Å². The lowest BCUT2D eigenvalue weighted by atomic mass is 9.55. The fourth-order valence-electron chi connectivity index (χ4n) is 12.3. The van der Waals surface area contributed by atoms with Crippen molar-refractivity contribution in [2.45, 2.75) is 196 Å². The van der Waals surface area contributed by atoms with E-state index in [-0.39, 0.29) is 0 Å². The van der Waals surface area contributed by atoms with E-state index in [1.54, 1.807) is 0 Å². The number of fused-ring (bicyclic) bond motifs is 3. The predicted octanol–water partition coefficient (Wildman–Crippen LogP) is 10.6. The molecule has 8 aliphatic rings. The summed E-state index contributed by atoms with van der Waals surface area (Å²) in [6.07, 6.45) is 27.9. The number of hydrogen-bond donors (Lipinski definition) is 4. The molecule has 292 valence electrons. The summed E-state index contributed by atoms with van der Waals surface area (Å²) in [5.41, 5.74) is 1.55. The van der Waals surface area contributed by atoms with Crippen LogP contribution in [0.4, 0.5) is 0 Å². The summed E-state index contributed by atoms with van der Waals surface area (Å²) in [6, 6.07) is 2.62. The first kappa shape index (κ1) is 41.0. The van der Waals surface area contributed by atoms with Crippen LogP contribution in [0.3, 0.4) is 0 Å². The van der Waals surface area contributed by atoms with Crippen LogP contribution in [0.5, 0.6) is 0 Å². The molecule has 5 saturated heterocycles. The number of piperidine rings is 4. The molecule has 5 atom stereocenters. The van der Waals surface area contributed by atoms with Crippen LogP contribution >= 0.6 is 0 Å². The number of rotatable bonds is 4. The van der Waals surface area contributed by atoms with Gasteiger partial charge in [-0.2, -0.15) is 0 Å². The Balaban J connectivity index is 0.000000130. The Morgan fingerprint density at radius 2 is 0.980 bits per heavy atom. The molecule has 8 rings (SSSR count). The van der Waals surface area contributed by atoms with Gasteiger partial charge in [-0.3, -0.25) is 0 Å². The molecule has 8 fully saturated rings. The van der Waals surface area contributed by atoms with Crippen molar-refractivity contribution in [1.29, 1.82) is 0 Å². The summed E-state index contributed by atoms with van der Waals surface area (Å²) in [6.45, 7) is 25.4. The lowest BCUT2D eigenvalue weighted by Gasteiger charge is -2.52. The second-order valence-electron chi connectivity index (χ2n) is 20.8. The van der Waals surface area contributed by atoms with Crippen molar-refractivity contribution in [3.63, 3.8) is 0 Å². The summed E-state index contributed by atoms with van der Waals surface area (Å²) in [5.74, 6) is 8.72. The van der Waals surface area contributed by atoms with Crippen molar-refractivity contribution < 1.29 is 0 Å². The zero-order valence-electron chi connectivity index (χ0n) is 34.9. The van der Waals surface area contributed by atoms with E-state index in [0.717, 1.165) is 82.2 Å². The van der Waals surface area contributed by atoms with Crippen molar-refractivity contribution in [1.82, 2.24) is 21.3 Å². The number of hydrogen-bond acceptors (Lipinski definition) is 4. The van der Waals surface area contributed by atoms with Gasteiger partial charge >= 0.3 is 0 Å². The van der Waals surface area contributed by atoms with Gasteiger partial charge in [-0.1, -0.05) is 68.2 Å². The zero-order valence-corrected chi connectivity index (χ0v) is 34.9. The van der Waals surface area contributed by atoms with E-state index in [1.165, 1.54) is 155 Å². The monoisotopic (exact) mass is 697 g/mol. The molecule has 3 saturated carbocycles. The van der Waals surface area contributed by atoms with Crippen LogP contribution in [0.25, 0.3) is 0 Å². The summed E-state index contributed by atoms with van der Waals surface area (Å²) in [7, 11) is 0. The Bertz CT molecular complexity index is 914. The van der Waals surface area contributed by atoms with Gasteiger partial charge in [-0.25, -0.2) is 0 Å². The molecule has 3 aliphatic carbocycles. The van der Waals surface area contributed by atoms with Crippen LogP contribution in [0, 0.1) is 64.1 Å². The molecule has 4 heteroatoms. The van der Waals surface area contributed by atoms with E-state index in [2.05, 4.69) is 76.7 Å². The highest BCUT2D eigenvalue weighted by Crippen LogP contribution is 2.54. The number of nitrogens with one attached hydrogen (secondary N) is 4. The van der Waals surface area contributed by atoms with Gasteiger partial charge < -0.3 is 21.3 Å². The van der Waals surface area contributed by atoms with E-state index >= 15 is 0 Å². The van der Waals surface area contributed by atoms with Crippen molar-refractivity contribution in [2.75, 3.05) is 32.7 Å². The molecule has 2 spiro atoms. The van der Waals surface area contributed by atoms with Crippen molar-refractivity contribution in [3.05, 3.63) is 0 Å². The minimum atomic E-state index is 0.761. The van der Waals surface area contributed by atoms with Crippen LogP contribution < -0.4 is 21.3 Å². The van der Waals surface area contributed by atoms with Crippen LogP contribution in [0.15, 0.2) is 0 Å². The van der Waals surface area contributed by atoms with Gasteiger partial charge in [0.1, 0.15) is 0 Å². The molecule has 5 unspecified atom stereocenters. The molecule has 2 bridgehead atoms. The molecule has 0 radical (unpaired) electrons. The average molecular weight is 697 g/mol. The minimum Gasteiger partial charge on any atom is -0.317 e. The van der Waals surface area contributed by atoms with Crippen LogP contribution in [0.1, 0.15) is 177 Å². The largest absolute Gasteiger partial charge is 0.317 e. The highest BCUT2D eigenvalue weighted by atomic mass is 15.0. The molecule has 50 heavy (non-hydrogen) atoms. The summed E-state index contributed by atoms with van der Waals surface area (Å²) in [5, 5.41) is 14.3. The molecule has 0 amide bonds. The molecule has 5 aliphatic heterocycles. The second-order valence-corrected chi connectivity index (χ2v) is 20.8. The van der Waals surface area contributed by atoms with E-state index in [4.69, 9.17) is 0 Å². The molecular formula is C46H88N4. The Labute approximate surface area is 312 Å². The molecule has 4 nitrogen and oxygen atoms in total. The summed E-state index contributed by atoms with van der Waals surface area (Å²) in [4.78, 5) is 0. The predicted molar refractivity (Wildman–Crippen MR) is 218 cm³/mol. The quantitative estimate of drug-likeness (QED) is 0.236. The molecule has 0 aromatic heterocycles. The van der Waals surface area contributed by atoms with Crippen molar-refractivity contribution in [2.24, 2.45) is 64.1 Å². The van der Waals surface area contributed by atoms with Crippen molar-refractivity contribution >= 4 is 0 Å². The summed E-state index contributed by atoms with van der Waals surface area (Å²) < 4.78 is 0. The Morgan fingerprint density at radius 3 is 1.50 bits per heavy atom. The Hall–Kier alpha value is -0.160. The first-order valence-corrected chi connectivity index (χ1v) is 22.9. The molecule has 0 aromatic rings. The van der Waals surface area contributed by atoms with Gasteiger partial charge in [0.2, 0.25) is 0 Å². The van der Waals surface area contributed by atoms with Crippen LogP contribution in [-0.2, 0) is 0 Å². The SMILES string of the molecule is CC(C)C1CC2(CCNCC2)C1.CC(C)C1CC2CCC(C1)N2.CC(C)C1CCC2(CCNCC2)CC1.CC(C)C1CCNC2CCCCC21. The van der Waals surface area contributed by atoms with Gasteiger partial charge in [0, 0.05) is 18.1 Å². The second kappa shape index (κ2) is 19.4. The summed E-state index contributed by atoms with van der Waals surface area (Å²) >= 11 is 0. The lowest BCUT2D eigenvalue weighted by molar-refractivity contribution is -0.00191. The lowest BCUT2D eigenvalue weighted by Crippen LogP contribution is -2.48. The maximum absolute atomic E-state index is 3.71. The first-order valence-electron chi connectivity index (χ1n) is 22.9. The Morgan fingerprint density at radius 1 is 0.460 bits per heavy atom. The van der Waals surface area contributed by atoms with Crippen LogP contribution in [0.2, 0.25) is 0 Å². The first-order chi connectivity index (χ1) is 24.0. The van der Waals surface area contributed by atoms with Gasteiger partial charge in [0.05, 0.1) is 0 Å². The third-order valence-electron chi connectivity index (χ3n) is 16.3. The maximum atomic E-state index is 3.71. The van der Waals surface area contributed by atoms with E-state index in [0.29, 0.717) is 0 Å². The fourth-order valence-corrected chi connectivity index (χ4v) is 12.3. The molecule has 5 heterocycles. The zero-order chi connectivity index (χ0) is 35.7. The molecule has 4 N–H and O–H groups in total. The highest BCUT2D eigenvalue weighted by Gasteiger charge is 2.45. The van der Waals surface area contributed by atoms with Gasteiger partial charge in [0.25, 0.3) is 0 Å². The normalized spacial score (nSPS) is 36.1. The third kappa shape index (κ3) is 11.4. The van der Waals surface area contributed by atoms with Crippen LogP contribution in [-0.4, -0.2) is 50.8 Å². The Kier molecular flexibility index (Phi) is 15.9. The molecular weight excluding hydrogens is 609 g/mol. The molecule has 0 aromatic carbocycles. The standard InChI is InChI=1S/C13H25N.C12H23N.C11H21N.C10H19N/c1-11(2)12-3-5-13(6-4-12)7-9-14-10-8-13;1-9(2)10-7-8-13-12-6-4-3-5-11(10)12;1-9(2)10-7-11(8-10)3-5-12-6-4-11;1-7(2)8-5-9-3-4-10(6-8)11-9/h11-12,14H,3-10H2,1-2H3;9-13H,3-8H2,1-2H3;9-10,12H,3-8H2,1-2H3;7-11H,3-6H2,1-2H3. The average Bonchev–Trinajstić information content (AvgIpc) is 3.45. The smallest absolute Gasteiger partial charge is 0.00980 e. The third-order valence-corrected chi connectivity index (χ3v) is 16.3. The maximum Gasteiger partial charge on any atom is 0.00980 e. The van der Waals surface area contributed by atoms with Crippen molar-refractivity contribution in [3.8, 4) is 0 Å². The fraction of sp³-hybridized carbons (Fsp3) is 1.00. The highest BCUT2D eigenvalue weighted by molar-refractivity contribution is 4.97. The van der Waals surface area contributed by atoms with Gasteiger partial charge in [-0.05, 0) is 206 Å².